The van der Waals surface area contributed by atoms with Gasteiger partial charge >= 0.3 is 0 Å². The Hall–Kier alpha value is -1.51. The molecule has 2 aromatic rings. The molecule has 2 unspecified atom stereocenters. The highest BCUT2D eigenvalue weighted by molar-refractivity contribution is 7.85. The van der Waals surface area contributed by atoms with Gasteiger partial charge in [0.05, 0.1) is 10.2 Å². The van der Waals surface area contributed by atoms with Crippen LogP contribution >= 0.6 is 12.4 Å². The van der Waals surface area contributed by atoms with E-state index in [0.717, 1.165) is 19.4 Å². The van der Waals surface area contributed by atoms with Crippen molar-refractivity contribution in [2.24, 2.45) is 0 Å². The number of hydrogen-bond donors (Lipinski definition) is 1. The number of halogens is 1. The third kappa shape index (κ3) is 3.22. The molecule has 0 aliphatic carbocycles. The van der Waals surface area contributed by atoms with E-state index in [1.165, 1.54) is 18.2 Å². The fourth-order valence-electron chi connectivity index (χ4n) is 2.24. The zero-order valence-electron chi connectivity index (χ0n) is 11.0. The minimum Gasteiger partial charge on any atom is -0.430 e. The largest absolute Gasteiger partial charge is 0.430 e. The first-order valence-corrected chi connectivity index (χ1v) is 7.53. The molecular formula is C12H14ClN3O4S. The number of nitrogens with one attached hydrogen (secondary N) is 1. The maximum atomic E-state index is 12.4. The van der Waals surface area contributed by atoms with Crippen molar-refractivity contribution in [1.29, 1.82) is 0 Å². The molecule has 0 saturated carbocycles. The summed E-state index contributed by atoms with van der Waals surface area (Å²) in [7, 11) is -1.33. The van der Waals surface area contributed by atoms with Gasteiger partial charge in [-0.05, 0) is 25.5 Å². The molecule has 1 saturated heterocycles. The smallest absolute Gasteiger partial charge is 0.288 e. The molecular weight excluding hydrogens is 318 g/mol. The van der Waals surface area contributed by atoms with E-state index in [1.54, 1.807) is 0 Å². The predicted octanol–water partition coefficient (Wildman–Crippen LogP) is 2.02. The summed E-state index contributed by atoms with van der Waals surface area (Å²) in [4.78, 5) is 14.4. The molecule has 1 aromatic carbocycles. The van der Waals surface area contributed by atoms with Crippen molar-refractivity contribution in [3.8, 4) is 0 Å². The molecule has 0 spiro atoms. The third-order valence-electron chi connectivity index (χ3n) is 3.29. The molecule has 1 fully saturated rings. The monoisotopic (exact) mass is 331 g/mol. The number of non-ortho nitro benzene ring substituents is 1. The van der Waals surface area contributed by atoms with Crippen molar-refractivity contribution in [3.63, 3.8) is 0 Å². The zero-order valence-corrected chi connectivity index (χ0v) is 12.6. The van der Waals surface area contributed by atoms with Gasteiger partial charge in [0.25, 0.3) is 10.9 Å². The highest BCUT2D eigenvalue weighted by Gasteiger charge is 2.25. The molecule has 0 bridgehead atoms. The molecule has 3 rings (SSSR count). The second-order valence-corrected chi connectivity index (χ2v) is 6.27. The van der Waals surface area contributed by atoms with E-state index in [-0.39, 0.29) is 28.6 Å². The average molecular weight is 332 g/mol. The molecule has 1 aliphatic rings. The lowest BCUT2D eigenvalue weighted by Crippen LogP contribution is -2.36. The van der Waals surface area contributed by atoms with E-state index in [4.69, 9.17) is 4.42 Å². The van der Waals surface area contributed by atoms with E-state index >= 15 is 0 Å². The Kier molecular flexibility index (Phi) is 4.92. The lowest BCUT2D eigenvalue weighted by atomic mass is 10.2. The standard InChI is InChI=1S/C12H13N3O4S.ClH/c16-15(17)8-3-4-11-10(6-8)14-12(19-11)20(18)9-2-1-5-13-7-9;/h3-4,6,9,13H,1-2,5,7H2;1H. The number of rotatable bonds is 3. The Labute approximate surface area is 129 Å². The molecule has 2 atom stereocenters. The van der Waals surface area contributed by atoms with Crippen LogP contribution in [0, 0.1) is 10.1 Å². The normalized spacial score (nSPS) is 19.9. The molecule has 1 aliphatic heterocycles. The fourth-order valence-corrected chi connectivity index (χ4v) is 3.53. The number of benzene rings is 1. The molecule has 0 amide bonds. The van der Waals surface area contributed by atoms with Crippen molar-refractivity contribution < 1.29 is 13.5 Å². The summed E-state index contributed by atoms with van der Waals surface area (Å²) in [6.45, 7) is 1.61. The second-order valence-electron chi connectivity index (χ2n) is 4.65. The van der Waals surface area contributed by atoms with E-state index in [2.05, 4.69) is 10.3 Å². The van der Waals surface area contributed by atoms with Gasteiger partial charge in [-0.3, -0.25) is 10.1 Å². The lowest BCUT2D eigenvalue weighted by molar-refractivity contribution is -0.384. The van der Waals surface area contributed by atoms with Crippen LogP contribution in [0.4, 0.5) is 5.69 Å². The minimum atomic E-state index is -1.33. The van der Waals surface area contributed by atoms with Gasteiger partial charge in [-0.2, -0.15) is 0 Å². The Morgan fingerprint density at radius 2 is 2.29 bits per heavy atom. The number of aromatic nitrogens is 1. The van der Waals surface area contributed by atoms with E-state index in [9.17, 15) is 14.3 Å². The predicted molar refractivity (Wildman–Crippen MR) is 80.2 cm³/mol. The summed E-state index contributed by atoms with van der Waals surface area (Å²) < 4.78 is 17.8. The molecule has 1 N–H and O–H groups in total. The molecule has 0 radical (unpaired) electrons. The van der Waals surface area contributed by atoms with Crippen LogP contribution in [0.25, 0.3) is 11.1 Å². The van der Waals surface area contributed by atoms with Crippen molar-refractivity contribution in [2.45, 2.75) is 23.3 Å². The fraction of sp³-hybridized carbons (Fsp3) is 0.417. The average Bonchev–Trinajstić information content (AvgIpc) is 2.90. The molecule has 21 heavy (non-hydrogen) atoms. The van der Waals surface area contributed by atoms with Gasteiger partial charge in [-0.25, -0.2) is 9.19 Å². The molecule has 7 nitrogen and oxygen atoms in total. The quantitative estimate of drug-likeness (QED) is 0.682. The number of nitrogens with zero attached hydrogens (tertiary/aromatic N) is 2. The van der Waals surface area contributed by atoms with Crippen LogP contribution in [-0.2, 0) is 10.8 Å². The second kappa shape index (κ2) is 6.50. The van der Waals surface area contributed by atoms with E-state index in [1.807, 2.05) is 0 Å². The van der Waals surface area contributed by atoms with Crippen LogP contribution in [0.3, 0.4) is 0 Å². The minimum absolute atomic E-state index is 0. The first kappa shape index (κ1) is 15.9. The van der Waals surface area contributed by atoms with Gasteiger partial charge in [0, 0.05) is 18.7 Å². The van der Waals surface area contributed by atoms with E-state index < -0.39 is 15.7 Å². The Balaban J connectivity index is 0.00000161. The number of nitro groups is 1. The highest BCUT2D eigenvalue weighted by Crippen LogP contribution is 2.24. The topological polar surface area (TPSA) is 98.3 Å². The van der Waals surface area contributed by atoms with Crippen LogP contribution in [0.1, 0.15) is 12.8 Å². The first-order valence-electron chi connectivity index (χ1n) is 6.31. The van der Waals surface area contributed by atoms with Crippen molar-refractivity contribution in [3.05, 3.63) is 28.3 Å². The van der Waals surface area contributed by atoms with Crippen LogP contribution in [-0.4, -0.2) is 32.5 Å². The Morgan fingerprint density at radius 3 is 2.95 bits per heavy atom. The molecule has 2 heterocycles. The maximum absolute atomic E-state index is 12.4. The first-order chi connectivity index (χ1) is 9.65. The summed E-state index contributed by atoms with van der Waals surface area (Å²) in [5.74, 6) is 0. The summed E-state index contributed by atoms with van der Waals surface area (Å²) >= 11 is 0. The summed E-state index contributed by atoms with van der Waals surface area (Å²) in [6, 6.07) is 4.17. The SMILES string of the molecule is Cl.O=[N+]([O-])c1ccc2oc(S(=O)C3CCCNC3)nc2c1. The number of hydrogen-bond acceptors (Lipinski definition) is 6. The van der Waals surface area contributed by atoms with Gasteiger partial charge in [-0.1, -0.05) is 0 Å². The summed E-state index contributed by atoms with van der Waals surface area (Å²) in [6.07, 6.45) is 1.83. The maximum Gasteiger partial charge on any atom is 0.288 e. The number of oxazole rings is 1. The zero-order chi connectivity index (χ0) is 14.1. The van der Waals surface area contributed by atoms with Crippen LogP contribution in [0.2, 0.25) is 0 Å². The van der Waals surface area contributed by atoms with Crippen LogP contribution in [0.15, 0.2) is 27.8 Å². The number of nitro benzene ring substituents is 1. The van der Waals surface area contributed by atoms with Crippen LogP contribution < -0.4 is 5.32 Å². The van der Waals surface area contributed by atoms with Crippen molar-refractivity contribution >= 4 is 40.0 Å². The van der Waals surface area contributed by atoms with Crippen LogP contribution in [0.5, 0.6) is 0 Å². The molecule has 9 heteroatoms. The van der Waals surface area contributed by atoms with Gasteiger partial charge in [0.2, 0.25) is 0 Å². The highest BCUT2D eigenvalue weighted by atomic mass is 35.5. The molecule has 1 aromatic heterocycles. The molecule has 114 valence electrons. The summed E-state index contributed by atoms with van der Waals surface area (Å²) in [5.41, 5.74) is 0.733. The van der Waals surface area contributed by atoms with E-state index in [0.29, 0.717) is 17.6 Å². The Bertz CT molecular complexity index is 684. The lowest BCUT2D eigenvalue weighted by Gasteiger charge is -2.20. The Morgan fingerprint density at radius 1 is 1.48 bits per heavy atom. The summed E-state index contributed by atoms with van der Waals surface area (Å²) in [5, 5.41) is 14.0. The van der Waals surface area contributed by atoms with Gasteiger partial charge in [0.1, 0.15) is 16.3 Å². The number of piperidine rings is 1. The van der Waals surface area contributed by atoms with Gasteiger partial charge < -0.3 is 9.73 Å². The van der Waals surface area contributed by atoms with Crippen molar-refractivity contribution in [2.75, 3.05) is 13.1 Å². The van der Waals surface area contributed by atoms with Gasteiger partial charge in [0.15, 0.2) is 5.58 Å². The van der Waals surface area contributed by atoms with Gasteiger partial charge in [-0.15, -0.1) is 12.4 Å². The number of fused-ring (bicyclic) bond motifs is 1. The third-order valence-corrected chi connectivity index (χ3v) is 4.82. The van der Waals surface area contributed by atoms with Crippen molar-refractivity contribution in [1.82, 2.24) is 10.3 Å².